The highest BCUT2D eigenvalue weighted by atomic mass is 32.1. The average molecular weight is 471 g/mol. The number of benzene rings is 2. The fourth-order valence-corrected chi connectivity index (χ4v) is 3.61. The lowest BCUT2D eigenvalue weighted by Crippen LogP contribution is -2.11. The van der Waals surface area contributed by atoms with Crippen LogP contribution in [-0.4, -0.2) is 20.7 Å². The summed E-state index contributed by atoms with van der Waals surface area (Å²) in [4.78, 5) is 25.1. The molecule has 0 aliphatic rings. The third-order valence-corrected chi connectivity index (χ3v) is 5.07. The summed E-state index contributed by atoms with van der Waals surface area (Å²) in [7, 11) is 0. The van der Waals surface area contributed by atoms with Gasteiger partial charge < -0.3 is 4.42 Å². The third kappa shape index (κ3) is 4.72. The van der Waals surface area contributed by atoms with Crippen LogP contribution < -0.4 is 4.80 Å². The molecule has 4 rings (SSSR count). The molecule has 0 spiro atoms. The standard InChI is InChI=1S/C20H11F2N5O5S/c21-13-4-6-17(16(22)9-13)24-20-25(23-10-15-5-7-19(32-15)27(30)31)18(11-33-20)12-2-1-3-14(8-12)26(28)29/h1-11H. The maximum atomic E-state index is 14.1. The van der Waals surface area contributed by atoms with Crippen LogP contribution in [0.15, 0.2) is 74.5 Å². The largest absolute Gasteiger partial charge is 0.433 e. The second-order valence-electron chi connectivity index (χ2n) is 6.41. The number of nitrogens with zero attached hydrogens (tertiary/aromatic N) is 5. The number of halogens is 2. The lowest BCUT2D eigenvalue weighted by molar-refractivity contribution is -0.402. The second-order valence-corrected chi connectivity index (χ2v) is 7.24. The Balaban J connectivity index is 1.86. The number of thiazole rings is 1. The number of hydrogen-bond donors (Lipinski definition) is 0. The van der Waals surface area contributed by atoms with Gasteiger partial charge in [0, 0.05) is 29.1 Å². The van der Waals surface area contributed by atoms with E-state index in [4.69, 9.17) is 4.42 Å². The van der Waals surface area contributed by atoms with Gasteiger partial charge in [0.25, 0.3) is 5.69 Å². The summed E-state index contributed by atoms with van der Waals surface area (Å²) >= 11 is 1.05. The van der Waals surface area contributed by atoms with Crippen molar-refractivity contribution in [2.75, 3.05) is 0 Å². The van der Waals surface area contributed by atoms with Crippen molar-refractivity contribution in [3.8, 4) is 11.3 Å². The number of non-ortho nitro benzene ring substituents is 1. The average Bonchev–Trinajstić information content (AvgIpc) is 3.41. The molecular formula is C20H11F2N5O5S. The molecule has 0 atom stereocenters. The molecule has 166 valence electrons. The van der Waals surface area contributed by atoms with Crippen molar-refractivity contribution in [1.29, 1.82) is 0 Å². The van der Waals surface area contributed by atoms with E-state index in [1.165, 1.54) is 35.2 Å². The summed E-state index contributed by atoms with van der Waals surface area (Å²) < 4.78 is 33.7. The van der Waals surface area contributed by atoms with E-state index in [2.05, 4.69) is 10.1 Å². The summed E-state index contributed by atoms with van der Waals surface area (Å²) in [6, 6.07) is 11.1. The van der Waals surface area contributed by atoms with E-state index in [9.17, 15) is 29.0 Å². The van der Waals surface area contributed by atoms with E-state index in [0.29, 0.717) is 17.3 Å². The Bertz CT molecular complexity index is 1470. The molecular weight excluding hydrogens is 460 g/mol. The summed E-state index contributed by atoms with van der Waals surface area (Å²) in [5, 5.41) is 27.8. The molecule has 0 aliphatic carbocycles. The summed E-state index contributed by atoms with van der Waals surface area (Å²) in [5.74, 6) is -2.08. The predicted molar refractivity (Wildman–Crippen MR) is 114 cm³/mol. The van der Waals surface area contributed by atoms with Gasteiger partial charge in [0.2, 0.25) is 4.80 Å². The lowest BCUT2D eigenvalue weighted by atomic mass is 10.1. The van der Waals surface area contributed by atoms with Crippen LogP contribution in [0.5, 0.6) is 0 Å². The van der Waals surface area contributed by atoms with E-state index in [1.54, 1.807) is 11.4 Å². The van der Waals surface area contributed by atoms with Crippen molar-refractivity contribution in [2.24, 2.45) is 10.1 Å². The molecule has 10 nitrogen and oxygen atoms in total. The fourth-order valence-electron chi connectivity index (χ4n) is 2.77. The SMILES string of the molecule is O=[N+]([O-])c1cccc(-c2csc(=Nc3ccc(F)cc3F)n2N=Cc2ccc([N+](=O)[O-])o2)c1. The Morgan fingerprint density at radius 3 is 2.55 bits per heavy atom. The Morgan fingerprint density at radius 2 is 1.85 bits per heavy atom. The molecule has 0 N–H and O–H groups in total. The van der Waals surface area contributed by atoms with E-state index >= 15 is 0 Å². The zero-order valence-corrected chi connectivity index (χ0v) is 17.1. The summed E-state index contributed by atoms with van der Waals surface area (Å²) in [6.07, 6.45) is 1.18. The van der Waals surface area contributed by atoms with E-state index in [1.807, 2.05) is 0 Å². The van der Waals surface area contributed by atoms with E-state index < -0.39 is 27.4 Å². The van der Waals surface area contributed by atoms with Crippen LogP contribution >= 0.6 is 11.3 Å². The quantitative estimate of drug-likeness (QED) is 0.221. The van der Waals surface area contributed by atoms with Crippen molar-refractivity contribution in [1.82, 2.24) is 4.68 Å². The van der Waals surface area contributed by atoms with Gasteiger partial charge in [0.15, 0.2) is 11.6 Å². The monoisotopic (exact) mass is 471 g/mol. The van der Waals surface area contributed by atoms with Crippen molar-refractivity contribution >= 4 is 34.8 Å². The molecule has 2 aromatic heterocycles. The summed E-state index contributed by atoms with van der Waals surface area (Å²) in [5.41, 5.74) is 0.492. The molecule has 0 radical (unpaired) electrons. The zero-order valence-electron chi connectivity index (χ0n) is 16.3. The number of nitro benzene ring substituents is 1. The van der Waals surface area contributed by atoms with Crippen LogP contribution in [0.25, 0.3) is 11.3 Å². The maximum Gasteiger partial charge on any atom is 0.433 e. The molecule has 2 heterocycles. The molecule has 33 heavy (non-hydrogen) atoms. The molecule has 2 aromatic carbocycles. The second kappa shape index (κ2) is 8.92. The van der Waals surface area contributed by atoms with Crippen LogP contribution in [0.4, 0.5) is 26.0 Å². The minimum atomic E-state index is -0.891. The first-order valence-electron chi connectivity index (χ1n) is 9.05. The van der Waals surface area contributed by atoms with Gasteiger partial charge in [-0.1, -0.05) is 12.1 Å². The lowest BCUT2D eigenvalue weighted by Gasteiger charge is -2.03. The van der Waals surface area contributed by atoms with Gasteiger partial charge in [-0.3, -0.25) is 20.2 Å². The first kappa shape index (κ1) is 21.7. The molecule has 4 aromatic rings. The Labute approximate surface area is 186 Å². The zero-order chi connectivity index (χ0) is 23.5. The number of rotatable bonds is 6. The highest BCUT2D eigenvalue weighted by Gasteiger charge is 2.14. The molecule has 0 saturated carbocycles. The molecule has 0 fully saturated rings. The first-order chi connectivity index (χ1) is 15.8. The van der Waals surface area contributed by atoms with Gasteiger partial charge in [-0.2, -0.15) is 5.10 Å². The highest BCUT2D eigenvalue weighted by molar-refractivity contribution is 7.07. The fraction of sp³-hybridized carbons (Fsp3) is 0. The minimum Gasteiger partial charge on any atom is -0.400 e. The number of hydrogen-bond acceptors (Lipinski definition) is 8. The minimum absolute atomic E-state index is 0.0595. The van der Waals surface area contributed by atoms with Gasteiger partial charge in [0.05, 0.1) is 22.9 Å². The van der Waals surface area contributed by atoms with Crippen LogP contribution in [0, 0.1) is 31.9 Å². The normalized spacial score (nSPS) is 11.9. The van der Waals surface area contributed by atoms with Crippen LogP contribution in [0.1, 0.15) is 5.76 Å². The topological polar surface area (TPSA) is 129 Å². The molecule has 13 heteroatoms. The van der Waals surface area contributed by atoms with Gasteiger partial charge in [-0.05, 0) is 18.2 Å². The van der Waals surface area contributed by atoms with Gasteiger partial charge in [-0.25, -0.2) is 18.4 Å². The molecule has 0 amide bonds. The predicted octanol–water partition coefficient (Wildman–Crippen LogP) is 5.02. The maximum absolute atomic E-state index is 14.1. The Morgan fingerprint density at radius 1 is 1.03 bits per heavy atom. The van der Waals surface area contributed by atoms with Crippen LogP contribution in [-0.2, 0) is 0 Å². The molecule has 0 saturated heterocycles. The molecule has 0 unspecified atom stereocenters. The van der Waals surface area contributed by atoms with Crippen LogP contribution in [0.2, 0.25) is 0 Å². The number of furan rings is 1. The van der Waals surface area contributed by atoms with Gasteiger partial charge >= 0.3 is 5.88 Å². The van der Waals surface area contributed by atoms with Crippen molar-refractivity contribution in [2.45, 2.75) is 0 Å². The van der Waals surface area contributed by atoms with E-state index in [0.717, 1.165) is 29.5 Å². The van der Waals surface area contributed by atoms with Crippen molar-refractivity contribution in [3.05, 3.63) is 102 Å². The number of nitro groups is 2. The van der Waals surface area contributed by atoms with Gasteiger partial charge in [0.1, 0.15) is 16.4 Å². The first-order valence-corrected chi connectivity index (χ1v) is 9.93. The Kier molecular flexibility index (Phi) is 5.87. The molecule has 0 bridgehead atoms. The van der Waals surface area contributed by atoms with E-state index in [-0.39, 0.29) is 21.9 Å². The van der Waals surface area contributed by atoms with Crippen LogP contribution in [0.3, 0.4) is 0 Å². The molecule has 0 aliphatic heterocycles. The third-order valence-electron chi connectivity index (χ3n) is 4.26. The summed E-state index contributed by atoms with van der Waals surface area (Å²) in [6.45, 7) is 0. The van der Waals surface area contributed by atoms with Crippen molar-refractivity contribution < 1.29 is 23.0 Å². The van der Waals surface area contributed by atoms with Crippen molar-refractivity contribution in [3.63, 3.8) is 0 Å². The number of aromatic nitrogens is 1. The Hall–Kier alpha value is -4.52. The smallest absolute Gasteiger partial charge is 0.400 e. The highest BCUT2D eigenvalue weighted by Crippen LogP contribution is 2.25. The van der Waals surface area contributed by atoms with Gasteiger partial charge in [-0.15, -0.1) is 11.3 Å².